The molecule has 2 aromatic carbocycles. The zero-order chi connectivity index (χ0) is 27.0. The molecule has 0 atom stereocenters. The van der Waals surface area contributed by atoms with E-state index in [2.05, 4.69) is 49.8 Å². The molecule has 0 aliphatic carbocycles. The Morgan fingerprint density at radius 3 is 2.41 bits per heavy atom. The van der Waals surface area contributed by atoms with E-state index in [1.54, 1.807) is 12.0 Å². The molecule has 0 bridgehead atoms. The van der Waals surface area contributed by atoms with Gasteiger partial charge in [-0.25, -0.2) is 0 Å². The average Bonchev–Trinajstić information content (AvgIpc) is 3.14. The lowest BCUT2D eigenvalue weighted by atomic mass is 9.87. The lowest BCUT2D eigenvalue weighted by Gasteiger charge is -2.19. The van der Waals surface area contributed by atoms with Gasteiger partial charge in [-0.3, -0.25) is 14.5 Å². The van der Waals surface area contributed by atoms with Crippen molar-refractivity contribution in [2.75, 3.05) is 20.8 Å². The number of rotatable bonds is 11. The molecule has 0 N–H and O–H groups in total. The second-order valence-corrected chi connectivity index (χ2v) is 11.5. The van der Waals surface area contributed by atoms with Crippen molar-refractivity contribution in [1.82, 2.24) is 4.90 Å². The zero-order valence-corrected chi connectivity index (χ0v) is 23.8. The Morgan fingerprint density at radius 2 is 1.76 bits per heavy atom. The van der Waals surface area contributed by atoms with Gasteiger partial charge in [0.05, 0.1) is 19.1 Å². The highest BCUT2D eigenvalue weighted by Gasteiger charge is 2.31. The van der Waals surface area contributed by atoms with E-state index < -0.39 is 0 Å². The summed E-state index contributed by atoms with van der Waals surface area (Å²) in [7, 11) is 2.99. The van der Waals surface area contributed by atoms with Crippen LogP contribution in [0, 0.1) is 0 Å². The van der Waals surface area contributed by atoms with Crippen molar-refractivity contribution in [3.8, 4) is 11.5 Å². The van der Waals surface area contributed by atoms with Gasteiger partial charge in [-0.2, -0.15) is 0 Å². The van der Waals surface area contributed by atoms with Crippen LogP contribution in [0.25, 0.3) is 6.08 Å². The molecule has 37 heavy (non-hydrogen) atoms. The Labute approximate surface area is 229 Å². The van der Waals surface area contributed by atoms with Gasteiger partial charge in [0.25, 0.3) is 5.91 Å². The Morgan fingerprint density at radius 1 is 1.03 bits per heavy atom. The maximum absolute atomic E-state index is 12.9. The third-order valence-corrected chi connectivity index (χ3v) is 7.44. The van der Waals surface area contributed by atoms with Gasteiger partial charge < -0.3 is 14.2 Å². The summed E-state index contributed by atoms with van der Waals surface area (Å²) >= 11 is 6.74. The molecule has 198 valence electrons. The van der Waals surface area contributed by atoms with E-state index in [0.29, 0.717) is 40.3 Å². The molecular weight excluding hydrogens is 506 g/mol. The van der Waals surface area contributed by atoms with Crippen molar-refractivity contribution >= 4 is 46.3 Å². The van der Waals surface area contributed by atoms with E-state index in [0.717, 1.165) is 30.4 Å². The number of unbranched alkanes of at least 4 members (excludes halogenated alkanes) is 2. The van der Waals surface area contributed by atoms with E-state index >= 15 is 0 Å². The number of thiocarbonyl (C=S) groups is 1. The molecule has 6 nitrogen and oxygen atoms in total. The molecule has 8 heteroatoms. The highest BCUT2D eigenvalue weighted by Crippen LogP contribution is 2.35. The maximum atomic E-state index is 12.9. The monoisotopic (exact) mass is 541 g/mol. The fraction of sp³-hybridized carbons (Fsp3) is 0.414. The van der Waals surface area contributed by atoms with E-state index in [1.165, 1.54) is 24.4 Å². The second kappa shape index (κ2) is 13.1. The normalized spacial score (nSPS) is 14.8. The number of hydrogen-bond acceptors (Lipinski definition) is 7. The zero-order valence-electron chi connectivity index (χ0n) is 22.2. The first kappa shape index (κ1) is 28.7. The van der Waals surface area contributed by atoms with Gasteiger partial charge in [0.15, 0.2) is 11.5 Å². The number of benzene rings is 2. The van der Waals surface area contributed by atoms with Crippen molar-refractivity contribution in [2.45, 2.75) is 58.5 Å². The van der Waals surface area contributed by atoms with Crippen molar-refractivity contribution in [3.05, 3.63) is 64.1 Å². The first-order valence-electron chi connectivity index (χ1n) is 12.3. The third-order valence-electron chi connectivity index (χ3n) is 6.06. The van der Waals surface area contributed by atoms with Crippen molar-refractivity contribution in [2.24, 2.45) is 0 Å². The van der Waals surface area contributed by atoms with Crippen LogP contribution in [0.2, 0.25) is 0 Å². The van der Waals surface area contributed by atoms with E-state index in [1.807, 2.05) is 24.3 Å². The number of esters is 1. The molecule has 1 fully saturated rings. The number of carbonyl (C=O) groups excluding carboxylic acids is 2. The molecule has 1 amide bonds. The predicted octanol–water partition coefficient (Wildman–Crippen LogP) is 6.51. The molecule has 1 heterocycles. The van der Waals surface area contributed by atoms with Gasteiger partial charge in [-0.1, -0.05) is 81.5 Å². The van der Waals surface area contributed by atoms with Gasteiger partial charge >= 0.3 is 5.97 Å². The van der Waals surface area contributed by atoms with Crippen LogP contribution < -0.4 is 9.47 Å². The standard InChI is InChI=1S/C29H35NO5S2/c1-29(2,3)22-13-10-20(11-14-22)19-35-23-15-12-21(17-24(23)33-4)18-25-27(32)30(28(36)37-25)16-8-6-7-9-26(31)34-5/h10-15,17-18H,6-9,16,19H2,1-5H3/b25-18+. The minimum absolute atomic E-state index is 0.0963. The molecule has 0 unspecified atom stereocenters. The smallest absolute Gasteiger partial charge is 0.305 e. The van der Waals surface area contributed by atoms with Crippen LogP contribution >= 0.6 is 24.0 Å². The van der Waals surface area contributed by atoms with Crippen LogP contribution in [0.15, 0.2) is 47.4 Å². The number of amides is 1. The number of thioether (sulfide) groups is 1. The SMILES string of the molecule is COC(=O)CCCCCN1C(=O)/C(=C\c2ccc(OCc3ccc(C(C)(C)C)cc3)c(OC)c2)SC1=S. The molecule has 0 saturated carbocycles. The topological polar surface area (TPSA) is 65.1 Å². The Hall–Kier alpha value is -2.84. The van der Waals surface area contributed by atoms with Crippen LogP contribution in [0.1, 0.15) is 63.1 Å². The lowest BCUT2D eigenvalue weighted by molar-refractivity contribution is -0.140. The Kier molecular flexibility index (Phi) is 10.2. The van der Waals surface area contributed by atoms with Crippen LogP contribution in [0.4, 0.5) is 0 Å². The number of nitrogens with zero attached hydrogens (tertiary/aromatic N) is 1. The quantitative estimate of drug-likeness (QED) is 0.139. The molecule has 1 aliphatic rings. The molecule has 3 rings (SSSR count). The number of methoxy groups -OCH3 is 2. The highest BCUT2D eigenvalue weighted by molar-refractivity contribution is 8.26. The van der Waals surface area contributed by atoms with E-state index in [9.17, 15) is 9.59 Å². The average molecular weight is 542 g/mol. The summed E-state index contributed by atoms with van der Waals surface area (Å²) in [6, 6.07) is 14.1. The van der Waals surface area contributed by atoms with Gasteiger partial charge in [-0.15, -0.1) is 0 Å². The third kappa shape index (κ3) is 8.07. The summed E-state index contributed by atoms with van der Waals surface area (Å²) in [5, 5.41) is 0. The molecular formula is C29H35NO5S2. The molecule has 1 aliphatic heterocycles. The van der Waals surface area contributed by atoms with Crippen molar-refractivity contribution < 1.29 is 23.8 Å². The summed E-state index contributed by atoms with van der Waals surface area (Å²) in [4.78, 5) is 26.4. The second-order valence-electron chi connectivity index (χ2n) is 9.87. The van der Waals surface area contributed by atoms with Crippen molar-refractivity contribution in [3.63, 3.8) is 0 Å². The van der Waals surface area contributed by atoms with Gasteiger partial charge in [0.2, 0.25) is 0 Å². The fourth-order valence-corrected chi connectivity index (χ4v) is 5.13. The minimum atomic E-state index is -0.213. The Balaban J connectivity index is 1.60. The van der Waals surface area contributed by atoms with E-state index in [4.69, 9.17) is 21.7 Å². The number of ether oxygens (including phenoxy) is 3. The summed E-state index contributed by atoms with van der Waals surface area (Å²) in [5.74, 6) is 0.927. The fourth-order valence-electron chi connectivity index (χ4n) is 3.82. The number of hydrogen-bond donors (Lipinski definition) is 0. The molecule has 0 spiro atoms. The highest BCUT2D eigenvalue weighted by atomic mass is 32.2. The maximum Gasteiger partial charge on any atom is 0.305 e. The largest absolute Gasteiger partial charge is 0.493 e. The summed E-state index contributed by atoms with van der Waals surface area (Å²) < 4.78 is 16.8. The van der Waals surface area contributed by atoms with Crippen molar-refractivity contribution in [1.29, 1.82) is 0 Å². The van der Waals surface area contributed by atoms with Crippen LogP contribution in [0.3, 0.4) is 0 Å². The van der Waals surface area contributed by atoms with Crippen LogP contribution in [-0.2, 0) is 26.3 Å². The van der Waals surface area contributed by atoms with Gasteiger partial charge in [0.1, 0.15) is 10.9 Å². The first-order valence-corrected chi connectivity index (χ1v) is 13.6. The molecule has 0 radical (unpaired) electrons. The summed E-state index contributed by atoms with van der Waals surface area (Å²) in [6.07, 6.45) is 4.54. The first-order chi connectivity index (χ1) is 17.6. The van der Waals surface area contributed by atoms with Gasteiger partial charge in [-0.05, 0) is 53.2 Å². The van der Waals surface area contributed by atoms with E-state index in [-0.39, 0.29) is 17.3 Å². The van der Waals surface area contributed by atoms with Crippen LogP contribution in [0.5, 0.6) is 11.5 Å². The predicted molar refractivity (Wildman–Crippen MR) is 153 cm³/mol. The summed E-state index contributed by atoms with van der Waals surface area (Å²) in [5.41, 5.74) is 3.30. The van der Waals surface area contributed by atoms with Crippen LogP contribution in [-0.4, -0.2) is 41.9 Å². The molecule has 1 saturated heterocycles. The molecule has 0 aromatic heterocycles. The Bertz CT molecular complexity index is 1150. The number of carbonyl (C=O) groups is 2. The molecule has 2 aromatic rings. The minimum Gasteiger partial charge on any atom is -0.493 e. The van der Waals surface area contributed by atoms with Gasteiger partial charge in [0, 0.05) is 13.0 Å². The summed E-state index contributed by atoms with van der Waals surface area (Å²) in [6.45, 7) is 7.55. The lowest BCUT2D eigenvalue weighted by Crippen LogP contribution is -2.29.